The highest BCUT2D eigenvalue weighted by atomic mass is 16.6. The van der Waals surface area contributed by atoms with Crippen molar-refractivity contribution in [3.05, 3.63) is 56.9 Å². The zero-order valence-electron chi connectivity index (χ0n) is 28.3. The lowest BCUT2D eigenvalue weighted by Gasteiger charge is -2.35. The number of cyclic esters (lactones) is 1. The summed E-state index contributed by atoms with van der Waals surface area (Å²) < 4.78 is 18.1. The van der Waals surface area contributed by atoms with Crippen LogP contribution in [0.4, 0.5) is 4.79 Å². The van der Waals surface area contributed by atoms with Crippen molar-refractivity contribution in [1.29, 1.82) is 0 Å². The summed E-state index contributed by atoms with van der Waals surface area (Å²) in [6.07, 6.45) is 0.0844. The van der Waals surface area contributed by atoms with E-state index in [0.29, 0.717) is 23.3 Å². The lowest BCUT2D eigenvalue weighted by Crippen LogP contribution is -2.51. The second-order valence-corrected chi connectivity index (χ2v) is 13.6. The molecule has 2 aromatic heterocycles. The summed E-state index contributed by atoms with van der Waals surface area (Å²) in [6.45, 7) is 11.8. The molecule has 3 aromatic rings. The first-order chi connectivity index (χ1) is 22.6. The van der Waals surface area contributed by atoms with Gasteiger partial charge in [0.25, 0.3) is 5.56 Å². The van der Waals surface area contributed by atoms with Gasteiger partial charge < -0.3 is 34.5 Å². The average Bonchev–Trinajstić information content (AvgIpc) is 3.37. The van der Waals surface area contributed by atoms with Crippen LogP contribution in [0.5, 0.6) is 5.75 Å². The maximum absolute atomic E-state index is 13.9. The van der Waals surface area contributed by atoms with E-state index < -0.39 is 53.3 Å². The van der Waals surface area contributed by atoms with E-state index in [9.17, 15) is 29.1 Å². The number of pyridine rings is 2. The standard InChI is InChI=1S/C35H42N4O9/c1-8-20-21-13-19(40)10-11-25(21)37-29-22(20)16-39-27(29)14-24-23(31(39)43)17-46-32(44)35(24,9-2)47-28(41)15-36-30(42)26(12-18(3)4)38-33(45)48-34(5,6)7/h10-11,13-14,18,26,40H,8-9,12,15-17H2,1-7H3,(H,36,42)(H,38,45)/t26-,35?/m0/s1. The Hall–Kier alpha value is -4.94. The summed E-state index contributed by atoms with van der Waals surface area (Å²) >= 11 is 0. The molecule has 2 amide bonds. The lowest BCUT2D eigenvalue weighted by atomic mass is 9.85. The van der Waals surface area contributed by atoms with Gasteiger partial charge in [-0.2, -0.15) is 0 Å². The number of benzene rings is 1. The fourth-order valence-corrected chi connectivity index (χ4v) is 6.38. The second kappa shape index (κ2) is 12.9. The van der Waals surface area contributed by atoms with Crippen LogP contribution >= 0.6 is 0 Å². The van der Waals surface area contributed by atoms with Crippen LogP contribution in [0.25, 0.3) is 22.3 Å². The van der Waals surface area contributed by atoms with Crippen LogP contribution in [-0.4, -0.2) is 56.8 Å². The summed E-state index contributed by atoms with van der Waals surface area (Å²) in [5.41, 5.74) is 0.735. The van der Waals surface area contributed by atoms with Crippen molar-refractivity contribution >= 4 is 34.8 Å². The third-order valence-corrected chi connectivity index (χ3v) is 8.52. The summed E-state index contributed by atoms with van der Waals surface area (Å²) in [6, 6.07) is 5.59. The number of hydrogen-bond acceptors (Lipinski definition) is 10. The van der Waals surface area contributed by atoms with E-state index in [0.717, 1.165) is 16.5 Å². The number of carbonyl (C=O) groups is 4. The van der Waals surface area contributed by atoms with Gasteiger partial charge in [-0.3, -0.25) is 14.4 Å². The number of carbonyl (C=O) groups excluding carboxylic acids is 4. The Bertz CT molecular complexity index is 1870. The molecule has 2 aliphatic heterocycles. The van der Waals surface area contributed by atoms with Crippen LogP contribution in [0.3, 0.4) is 0 Å². The summed E-state index contributed by atoms with van der Waals surface area (Å²) in [5, 5.41) is 16.0. The maximum atomic E-state index is 13.9. The Labute approximate surface area is 278 Å². The van der Waals surface area contributed by atoms with Crippen molar-refractivity contribution in [2.45, 2.75) is 98.1 Å². The summed E-state index contributed by atoms with van der Waals surface area (Å²) in [7, 11) is 0. The zero-order chi connectivity index (χ0) is 35.1. The van der Waals surface area contributed by atoms with Crippen LogP contribution in [0.2, 0.25) is 0 Å². The van der Waals surface area contributed by atoms with Gasteiger partial charge in [0.1, 0.15) is 30.5 Å². The van der Waals surface area contributed by atoms with E-state index >= 15 is 0 Å². The minimum Gasteiger partial charge on any atom is -0.508 e. The molecule has 0 fully saturated rings. The molecule has 0 saturated carbocycles. The van der Waals surface area contributed by atoms with Gasteiger partial charge in [-0.1, -0.05) is 27.7 Å². The number of nitrogens with one attached hydrogen (secondary N) is 2. The Balaban J connectivity index is 1.44. The van der Waals surface area contributed by atoms with Crippen LogP contribution in [0, 0.1) is 5.92 Å². The van der Waals surface area contributed by atoms with Crippen LogP contribution in [0.15, 0.2) is 29.1 Å². The first-order valence-corrected chi connectivity index (χ1v) is 16.2. The smallest absolute Gasteiger partial charge is 0.408 e. The van der Waals surface area contributed by atoms with Gasteiger partial charge in [0.05, 0.1) is 29.0 Å². The average molecular weight is 663 g/mol. The van der Waals surface area contributed by atoms with Crippen molar-refractivity contribution in [3.63, 3.8) is 0 Å². The fourth-order valence-electron chi connectivity index (χ4n) is 6.38. The highest BCUT2D eigenvalue weighted by Crippen LogP contribution is 2.42. The third kappa shape index (κ3) is 6.45. The van der Waals surface area contributed by atoms with Crippen molar-refractivity contribution in [2.24, 2.45) is 5.92 Å². The van der Waals surface area contributed by atoms with Crippen molar-refractivity contribution in [1.82, 2.24) is 20.2 Å². The SMILES string of the molecule is CCc1c2c(nc3ccc(O)cc13)-c1cc3c(c(=O)n1C2)COC(=O)C3(CC)OC(=O)CNC(=O)[C@H](CC(C)C)NC(=O)OC(C)(C)C. The van der Waals surface area contributed by atoms with Crippen molar-refractivity contribution in [2.75, 3.05) is 6.54 Å². The molecule has 0 saturated heterocycles. The second-order valence-electron chi connectivity index (χ2n) is 13.6. The fraction of sp³-hybridized carbons (Fsp3) is 0.486. The first kappa shape index (κ1) is 34.4. The highest BCUT2D eigenvalue weighted by Gasteiger charge is 2.50. The van der Waals surface area contributed by atoms with Gasteiger partial charge in [0.15, 0.2) is 0 Å². The largest absolute Gasteiger partial charge is 0.508 e. The minimum atomic E-state index is -1.95. The normalized spacial score (nSPS) is 17.2. The molecule has 2 atom stereocenters. The number of hydrogen-bond donors (Lipinski definition) is 3. The molecule has 1 unspecified atom stereocenters. The molecule has 13 nitrogen and oxygen atoms in total. The van der Waals surface area contributed by atoms with E-state index in [1.54, 1.807) is 56.5 Å². The molecule has 0 radical (unpaired) electrons. The lowest BCUT2D eigenvalue weighted by molar-refractivity contribution is -0.189. The number of alkyl carbamates (subject to hydrolysis) is 1. The van der Waals surface area contributed by atoms with Crippen molar-refractivity contribution in [3.8, 4) is 17.1 Å². The van der Waals surface area contributed by atoms with Crippen LogP contribution < -0.4 is 16.2 Å². The van der Waals surface area contributed by atoms with Gasteiger partial charge >= 0.3 is 18.0 Å². The topological polar surface area (TPSA) is 175 Å². The number of aromatic hydroxyl groups is 1. The van der Waals surface area contributed by atoms with Gasteiger partial charge in [-0.15, -0.1) is 0 Å². The minimum absolute atomic E-state index is 0.0264. The molecule has 3 N–H and O–H groups in total. The molecular formula is C35H42N4O9. The Morgan fingerprint density at radius 3 is 2.50 bits per heavy atom. The van der Waals surface area contributed by atoms with Gasteiger partial charge in [0.2, 0.25) is 11.5 Å². The Kier molecular flexibility index (Phi) is 9.26. The summed E-state index contributed by atoms with van der Waals surface area (Å²) in [4.78, 5) is 71.0. The molecule has 256 valence electrons. The number of nitrogens with zero attached hydrogens (tertiary/aromatic N) is 2. The zero-order valence-corrected chi connectivity index (χ0v) is 28.3. The predicted molar refractivity (Wildman–Crippen MR) is 175 cm³/mol. The molecule has 5 rings (SSSR count). The number of rotatable bonds is 9. The molecule has 0 aliphatic carbocycles. The molecule has 0 bridgehead atoms. The van der Waals surface area contributed by atoms with Crippen LogP contribution in [-0.2, 0) is 53.8 Å². The van der Waals surface area contributed by atoms with E-state index in [-0.39, 0.29) is 48.8 Å². The number of esters is 2. The summed E-state index contributed by atoms with van der Waals surface area (Å²) in [5.74, 6) is -2.26. The molecule has 13 heteroatoms. The molecule has 48 heavy (non-hydrogen) atoms. The molecule has 1 aromatic carbocycles. The third-order valence-electron chi connectivity index (χ3n) is 8.52. The Morgan fingerprint density at radius 1 is 1.12 bits per heavy atom. The molecular weight excluding hydrogens is 620 g/mol. The first-order valence-electron chi connectivity index (χ1n) is 16.2. The van der Waals surface area contributed by atoms with E-state index in [1.165, 1.54) is 0 Å². The molecule has 0 spiro atoms. The number of phenolic OH excluding ortho intramolecular Hbond substituents is 1. The van der Waals surface area contributed by atoms with Gasteiger partial charge in [-0.25, -0.2) is 14.6 Å². The number of aryl methyl sites for hydroxylation is 1. The quantitative estimate of drug-likeness (QED) is 0.176. The van der Waals surface area contributed by atoms with Crippen LogP contribution in [0.1, 0.15) is 83.6 Å². The van der Waals surface area contributed by atoms with Gasteiger partial charge in [-0.05, 0) is 75.8 Å². The van der Waals surface area contributed by atoms with E-state index in [2.05, 4.69) is 10.6 Å². The highest BCUT2D eigenvalue weighted by molar-refractivity contribution is 5.92. The molecule has 2 aliphatic rings. The molecule has 4 heterocycles. The number of fused-ring (bicyclic) bond motifs is 5. The monoisotopic (exact) mass is 662 g/mol. The number of amides is 2. The number of ether oxygens (including phenoxy) is 3. The maximum Gasteiger partial charge on any atom is 0.408 e. The Morgan fingerprint density at radius 2 is 1.85 bits per heavy atom. The van der Waals surface area contributed by atoms with E-state index in [1.807, 2.05) is 20.8 Å². The number of aromatic nitrogens is 2. The van der Waals surface area contributed by atoms with Crippen molar-refractivity contribution < 1.29 is 38.5 Å². The predicted octanol–water partition coefficient (Wildman–Crippen LogP) is 3.95. The number of phenols is 1. The van der Waals surface area contributed by atoms with E-state index in [4.69, 9.17) is 19.2 Å². The van der Waals surface area contributed by atoms with Gasteiger partial charge in [0, 0.05) is 16.5 Å².